The van der Waals surface area contributed by atoms with Gasteiger partial charge in [0.05, 0.1) is 0 Å². The Hall–Kier alpha value is -4.17. The molecule has 6 aromatic rings. The number of benzene rings is 4. The molecule has 6 rings (SSSR count). The maximum absolute atomic E-state index is 6.53. The number of hydrogen-bond donors (Lipinski definition) is 0. The molecule has 0 amide bonds. The molecule has 0 spiro atoms. The van der Waals surface area contributed by atoms with E-state index in [0.29, 0.717) is 0 Å². The van der Waals surface area contributed by atoms with Gasteiger partial charge >= 0.3 is 0 Å². The first-order valence-corrected chi connectivity index (χ1v) is 10.4. The lowest BCUT2D eigenvalue weighted by Crippen LogP contribution is -1.82. The van der Waals surface area contributed by atoms with Gasteiger partial charge in [0.25, 0.3) is 0 Å². The second-order valence-electron chi connectivity index (χ2n) is 7.65. The Morgan fingerprint density at radius 1 is 0.452 bits per heavy atom. The van der Waals surface area contributed by atoms with Crippen molar-refractivity contribution >= 4 is 21.9 Å². The molecule has 0 saturated heterocycles. The van der Waals surface area contributed by atoms with E-state index in [-0.39, 0.29) is 0 Å². The van der Waals surface area contributed by atoms with E-state index in [1.165, 1.54) is 0 Å². The van der Waals surface area contributed by atoms with Crippen LogP contribution >= 0.6 is 0 Å². The predicted octanol–water partition coefficient (Wildman–Crippen LogP) is 7.98. The number of hydrogen-bond acceptors (Lipinski definition) is 2. The lowest BCUT2D eigenvalue weighted by Gasteiger charge is -2.05. The van der Waals surface area contributed by atoms with E-state index in [0.717, 1.165) is 55.3 Å². The quantitative estimate of drug-likeness (QED) is 0.302. The van der Waals surface area contributed by atoms with Gasteiger partial charge < -0.3 is 4.42 Å². The predicted molar refractivity (Wildman–Crippen MR) is 128 cm³/mol. The van der Waals surface area contributed by atoms with Gasteiger partial charge in [-0.3, -0.25) is 4.98 Å². The first kappa shape index (κ1) is 17.7. The van der Waals surface area contributed by atoms with Crippen LogP contribution in [-0.2, 0) is 0 Å². The number of nitrogens with zero attached hydrogens (tertiary/aromatic N) is 1. The average Bonchev–Trinajstić information content (AvgIpc) is 3.24. The van der Waals surface area contributed by atoms with E-state index in [1.54, 1.807) is 6.20 Å². The minimum absolute atomic E-state index is 0.926. The Labute approximate surface area is 180 Å². The Morgan fingerprint density at radius 3 is 1.65 bits per heavy atom. The van der Waals surface area contributed by atoms with Crippen molar-refractivity contribution in [1.29, 1.82) is 0 Å². The summed E-state index contributed by atoms with van der Waals surface area (Å²) < 4.78 is 6.53. The largest absolute Gasteiger partial charge is 0.455 e. The Balaban J connectivity index is 1.52. The molecule has 0 fully saturated rings. The molecule has 0 bridgehead atoms. The fraction of sp³-hybridized carbons (Fsp3) is 0. The number of furan rings is 1. The Kier molecular flexibility index (Phi) is 4.14. The fourth-order valence-corrected chi connectivity index (χ4v) is 4.27. The smallest absolute Gasteiger partial charge is 0.143 e. The van der Waals surface area contributed by atoms with Crippen molar-refractivity contribution in [1.82, 2.24) is 4.98 Å². The number of fused-ring (bicyclic) bond motifs is 3. The molecule has 146 valence electrons. The van der Waals surface area contributed by atoms with Crippen molar-refractivity contribution < 1.29 is 4.42 Å². The molecule has 0 atom stereocenters. The zero-order valence-electron chi connectivity index (χ0n) is 16.8. The lowest BCUT2D eigenvalue weighted by molar-refractivity contribution is 0.671. The van der Waals surface area contributed by atoms with Crippen LogP contribution in [0.2, 0.25) is 0 Å². The van der Waals surface area contributed by atoms with E-state index in [9.17, 15) is 0 Å². The maximum atomic E-state index is 6.53. The van der Waals surface area contributed by atoms with Crippen LogP contribution < -0.4 is 0 Å². The van der Waals surface area contributed by atoms with Gasteiger partial charge in [0.1, 0.15) is 11.2 Å². The molecule has 0 radical (unpaired) electrons. The number of para-hydroxylation sites is 2. The van der Waals surface area contributed by atoms with Crippen LogP contribution in [0.4, 0.5) is 0 Å². The van der Waals surface area contributed by atoms with Crippen molar-refractivity contribution in [3.05, 3.63) is 116 Å². The van der Waals surface area contributed by atoms with Gasteiger partial charge in [-0.05, 0) is 28.3 Å². The zero-order chi connectivity index (χ0) is 20.6. The third kappa shape index (κ3) is 3.01. The molecule has 0 N–H and O–H groups in total. The maximum Gasteiger partial charge on any atom is 0.143 e. The molecule has 2 nitrogen and oxygen atoms in total. The van der Waals surface area contributed by atoms with Gasteiger partial charge in [0, 0.05) is 34.3 Å². The summed E-state index contributed by atoms with van der Waals surface area (Å²) in [6, 6.07) is 35.8. The number of aromatic nitrogens is 1. The number of pyridine rings is 1. The van der Waals surface area contributed by atoms with Crippen molar-refractivity contribution in [3.63, 3.8) is 0 Å². The Bertz CT molecular complexity index is 1500. The zero-order valence-corrected chi connectivity index (χ0v) is 16.8. The normalized spacial score (nSPS) is 11.2. The molecule has 0 unspecified atom stereocenters. The van der Waals surface area contributed by atoms with Crippen molar-refractivity contribution in [2.75, 3.05) is 0 Å². The second kappa shape index (κ2) is 7.26. The summed E-state index contributed by atoms with van der Waals surface area (Å²) in [4.78, 5) is 4.23. The van der Waals surface area contributed by atoms with E-state index in [2.05, 4.69) is 96.0 Å². The first-order chi connectivity index (χ1) is 15.4. The minimum Gasteiger partial charge on any atom is -0.455 e. The van der Waals surface area contributed by atoms with Crippen molar-refractivity contribution in [2.45, 2.75) is 0 Å². The molecule has 0 aliphatic heterocycles. The third-order valence-electron chi connectivity index (χ3n) is 5.80. The second-order valence-corrected chi connectivity index (χ2v) is 7.65. The number of rotatable bonds is 3. The Morgan fingerprint density at radius 2 is 1.03 bits per heavy atom. The highest BCUT2D eigenvalue weighted by atomic mass is 16.3. The molecule has 0 aliphatic carbocycles. The summed E-state index contributed by atoms with van der Waals surface area (Å²) in [5, 5.41) is 2.28. The molecule has 0 aliphatic rings. The fourth-order valence-electron chi connectivity index (χ4n) is 4.27. The van der Waals surface area contributed by atoms with Gasteiger partial charge in [0.15, 0.2) is 0 Å². The van der Waals surface area contributed by atoms with Crippen LogP contribution in [0.15, 0.2) is 120 Å². The van der Waals surface area contributed by atoms with Gasteiger partial charge in [0.2, 0.25) is 0 Å². The average molecular weight is 397 g/mol. The standard InChI is InChI=1S/C29H19NO/c1-2-7-21(8-3-1)24-10-4-12-26-27-13-5-11-25(29(27)31-28(24)26)22-16-14-20(15-17-22)23-9-6-18-30-19-23/h1-19H. The minimum atomic E-state index is 0.926. The van der Waals surface area contributed by atoms with Crippen LogP contribution in [0, 0.1) is 0 Å². The molecule has 31 heavy (non-hydrogen) atoms. The van der Waals surface area contributed by atoms with Crippen LogP contribution in [0.3, 0.4) is 0 Å². The molecule has 0 saturated carbocycles. The highest BCUT2D eigenvalue weighted by Gasteiger charge is 2.15. The summed E-state index contributed by atoms with van der Waals surface area (Å²) >= 11 is 0. The summed E-state index contributed by atoms with van der Waals surface area (Å²) in [7, 11) is 0. The van der Waals surface area contributed by atoms with Gasteiger partial charge in [-0.25, -0.2) is 0 Å². The summed E-state index contributed by atoms with van der Waals surface area (Å²) in [5.41, 5.74) is 8.65. The molecule has 4 aromatic carbocycles. The van der Waals surface area contributed by atoms with E-state index in [4.69, 9.17) is 4.42 Å². The van der Waals surface area contributed by atoms with Crippen molar-refractivity contribution in [3.8, 4) is 33.4 Å². The molecular weight excluding hydrogens is 378 g/mol. The lowest BCUT2D eigenvalue weighted by atomic mass is 9.98. The van der Waals surface area contributed by atoms with Gasteiger partial charge in [-0.2, -0.15) is 0 Å². The van der Waals surface area contributed by atoms with Gasteiger partial charge in [-0.1, -0.05) is 97.1 Å². The molecule has 2 heteroatoms. The van der Waals surface area contributed by atoms with Crippen LogP contribution in [0.25, 0.3) is 55.3 Å². The summed E-state index contributed by atoms with van der Waals surface area (Å²) in [5.74, 6) is 0. The van der Waals surface area contributed by atoms with Crippen molar-refractivity contribution in [2.24, 2.45) is 0 Å². The third-order valence-corrected chi connectivity index (χ3v) is 5.80. The van der Waals surface area contributed by atoms with E-state index in [1.807, 2.05) is 18.3 Å². The van der Waals surface area contributed by atoms with Crippen LogP contribution in [0.1, 0.15) is 0 Å². The van der Waals surface area contributed by atoms with E-state index >= 15 is 0 Å². The van der Waals surface area contributed by atoms with Gasteiger partial charge in [-0.15, -0.1) is 0 Å². The monoisotopic (exact) mass is 397 g/mol. The molecular formula is C29H19NO. The topological polar surface area (TPSA) is 26.0 Å². The van der Waals surface area contributed by atoms with E-state index < -0.39 is 0 Å². The van der Waals surface area contributed by atoms with Crippen LogP contribution in [0.5, 0.6) is 0 Å². The molecule has 2 heterocycles. The molecule has 2 aromatic heterocycles. The highest BCUT2D eigenvalue weighted by Crippen LogP contribution is 2.39. The van der Waals surface area contributed by atoms with Crippen LogP contribution in [-0.4, -0.2) is 4.98 Å². The summed E-state index contributed by atoms with van der Waals surface area (Å²) in [6.07, 6.45) is 3.68. The first-order valence-electron chi connectivity index (χ1n) is 10.4. The summed E-state index contributed by atoms with van der Waals surface area (Å²) in [6.45, 7) is 0. The highest BCUT2D eigenvalue weighted by molar-refractivity contribution is 6.13. The SMILES string of the molecule is c1ccc(-c2cccc3c2oc2c(-c4ccc(-c5cccnc5)cc4)cccc23)cc1.